The molecule has 3 aromatic rings. The Morgan fingerprint density at radius 3 is 2.16 bits per heavy atom. The second-order valence-electron chi connectivity index (χ2n) is 5.90. The molecule has 0 aliphatic heterocycles. The predicted octanol–water partition coefficient (Wildman–Crippen LogP) is 5.29. The van der Waals surface area contributed by atoms with Crippen LogP contribution in [0, 0.1) is 6.92 Å². The Morgan fingerprint density at radius 1 is 0.840 bits per heavy atom. The van der Waals surface area contributed by atoms with E-state index < -0.39 is 0 Å². The van der Waals surface area contributed by atoms with Crippen LogP contribution in [0.5, 0.6) is 11.5 Å². The summed E-state index contributed by atoms with van der Waals surface area (Å²) >= 11 is 0. The van der Waals surface area contributed by atoms with Gasteiger partial charge in [0.2, 0.25) is 0 Å². The van der Waals surface area contributed by atoms with Crippen LogP contribution in [-0.2, 0) is 6.61 Å². The lowest BCUT2D eigenvalue weighted by Gasteiger charge is -2.14. The van der Waals surface area contributed by atoms with E-state index >= 15 is 0 Å². The van der Waals surface area contributed by atoms with Crippen LogP contribution in [0.15, 0.2) is 66.7 Å². The van der Waals surface area contributed by atoms with Crippen molar-refractivity contribution in [3.05, 3.63) is 77.9 Å². The minimum Gasteiger partial charge on any atom is -0.497 e. The third kappa shape index (κ3) is 3.94. The van der Waals surface area contributed by atoms with Gasteiger partial charge < -0.3 is 14.8 Å². The SMILES string of the molecule is CNc1cccc(C)c1COc1cccc(-c2cccc(OC)c2)c1. The molecule has 25 heavy (non-hydrogen) atoms. The zero-order valence-electron chi connectivity index (χ0n) is 14.9. The lowest BCUT2D eigenvalue weighted by atomic mass is 10.1. The molecule has 0 spiro atoms. The molecule has 0 saturated carbocycles. The van der Waals surface area contributed by atoms with Crippen LogP contribution in [-0.4, -0.2) is 14.2 Å². The Bertz CT molecular complexity index is 858. The molecular formula is C22H23NO2. The number of hydrogen-bond donors (Lipinski definition) is 1. The molecule has 3 nitrogen and oxygen atoms in total. The quantitative estimate of drug-likeness (QED) is 0.665. The Kier molecular flexibility index (Phi) is 5.24. The maximum Gasteiger partial charge on any atom is 0.120 e. The summed E-state index contributed by atoms with van der Waals surface area (Å²) < 4.78 is 11.4. The van der Waals surface area contributed by atoms with E-state index in [9.17, 15) is 0 Å². The van der Waals surface area contributed by atoms with Gasteiger partial charge in [-0.15, -0.1) is 0 Å². The summed E-state index contributed by atoms with van der Waals surface area (Å²) in [6, 6.07) is 22.4. The Balaban J connectivity index is 1.81. The molecule has 1 N–H and O–H groups in total. The highest BCUT2D eigenvalue weighted by Gasteiger charge is 2.06. The molecule has 0 radical (unpaired) electrons. The van der Waals surface area contributed by atoms with Crippen molar-refractivity contribution in [2.24, 2.45) is 0 Å². The van der Waals surface area contributed by atoms with E-state index in [1.165, 1.54) is 11.1 Å². The molecule has 0 fully saturated rings. The highest BCUT2D eigenvalue weighted by atomic mass is 16.5. The average Bonchev–Trinajstić information content (AvgIpc) is 2.67. The van der Waals surface area contributed by atoms with Gasteiger partial charge in [-0.2, -0.15) is 0 Å². The first-order chi connectivity index (χ1) is 12.2. The van der Waals surface area contributed by atoms with E-state index in [0.717, 1.165) is 28.3 Å². The van der Waals surface area contributed by atoms with Crippen LogP contribution in [0.4, 0.5) is 5.69 Å². The van der Waals surface area contributed by atoms with Gasteiger partial charge in [0, 0.05) is 18.3 Å². The van der Waals surface area contributed by atoms with E-state index in [0.29, 0.717) is 6.61 Å². The molecule has 0 unspecified atom stereocenters. The average molecular weight is 333 g/mol. The number of ether oxygens (including phenoxy) is 2. The fraction of sp³-hybridized carbons (Fsp3) is 0.182. The van der Waals surface area contributed by atoms with Gasteiger partial charge in [0.25, 0.3) is 0 Å². The highest BCUT2D eigenvalue weighted by molar-refractivity contribution is 5.66. The van der Waals surface area contributed by atoms with Crippen molar-refractivity contribution in [3.63, 3.8) is 0 Å². The number of hydrogen-bond acceptors (Lipinski definition) is 3. The van der Waals surface area contributed by atoms with Gasteiger partial charge in [0.05, 0.1) is 7.11 Å². The van der Waals surface area contributed by atoms with Crippen molar-refractivity contribution in [2.75, 3.05) is 19.5 Å². The normalized spacial score (nSPS) is 10.4. The van der Waals surface area contributed by atoms with Crippen LogP contribution in [0.25, 0.3) is 11.1 Å². The molecule has 0 aliphatic carbocycles. The summed E-state index contributed by atoms with van der Waals surface area (Å²) in [5, 5.41) is 3.23. The monoisotopic (exact) mass is 333 g/mol. The van der Waals surface area contributed by atoms with E-state index in [1.54, 1.807) is 7.11 Å². The minimum absolute atomic E-state index is 0.532. The fourth-order valence-electron chi connectivity index (χ4n) is 2.85. The number of aryl methyl sites for hydroxylation is 1. The second kappa shape index (κ2) is 7.75. The summed E-state index contributed by atoms with van der Waals surface area (Å²) in [4.78, 5) is 0. The molecule has 0 atom stereocenters. The van der Waals surface area contributed by atoms with Crippen molar-refractivity contribution in [1.29, 1.82) is 0 Å². The number of rotatable bonds is 6. The van der Waals surface area contributed by atoms with Gasteiger partial charge in [-0.1, -0.05) is 36.4 Å². The summed E-state index contributed by atoms with van der Waals surface area (Å²) in [6.07, 6.45) is 0. The number of anilines is 1. The van der Waals surface area contributed by atoms with Gasteiger partial charge in [0.1, 0.15) is 18.1 Å². The summed E-state index contributed by atoms with van der Waals surface area (Å²) in [5.74, 6) is 1.70. The summed E-state index contributed by atoms with van der Waals surface area (Å²) in [5.41, 5.74) is 5.71. The minimum atomic E-state index is 0.532. The molecule has 0 bridgehead atoms. The molecule has 0 heterocycles. The third-order valence-electron chi connectivity index (χ3n) is 4.30. The molecule has 3 aromatic carbocycles. The Labute approximate surface area is 149 Å². The first-order valence-electron chi connectivity index (χ1n) is 8.35. The Hall–Kier alpha value is -2.94. The van der Waals surface area contributed by atoms with Crippen molar-refractivity contribution < 1.29 is 9.47 Å². The van der Waals surface area contributed by atoms with Crippen LogP contribution in [0.2, 0.25) is 0 Å². The highest BCUT2D eigenvalue weighted by Crippen LogP contribution is 2.28. The molecule has 3 rings (SSSR count). The van der Waals surface area contributed by atoms with Crippen LogP contribution < -0.4 is 14.8 Å². The van der Waals surface area contributed by atoms with Crippen molar-refractivity contribution >= 4 is 5.69 Å². The number of nitrogens with one attached hydrogen (secondary N) is 1. The molecule has 0 aromatic heterocycles. The lowest BCUT2D eigenvalue weighted by Crippen LogP contribution is -2.03. The maximum absolute atomic E-state index is 6.06. The van der Waals surface area contributed by atoms with E-state index in [1.807, 2.05) is 43.4 Å². The molecule has 0 amide bonds. The standard InChI is InChI=1S/C22H23NO2/c1-16-7-4-12-22(23-2)21(16)15-25-20-11-6-9-18(14-20)17-8-5-10-19(13-17)24-3/h4-14,23H,15H2,1-3H3. The second-order valence-corrected chi connectivity index (χ2v) is 5.90. The predicted molar refractivity (Wildman–Crippen MR) is 103 cm³/mol. The lowest BCUT2D eigenvalue weighted by molar-refractivity contribution is 0.306. The Morgan fingerprint density at radius 2 is 1.48 bits per heavy atom. The van der Waals surface area contributed by atoms with Gasteiger partial charge >= 0.3 is 0 Å². The largest absolute Gasteiger partial charge is 0.497 e. The van der Waals surface area contributed by atoms with Crippen molar-refractivity contribution in [3.8, 4) is 22.6 Å². The topological polar surface area (TPSA) is 30.5 Å². The summed E-state index contributed by atoms with van der Waals surface area (Å²) in [7, 11) is 3.61. The molecule has 3 heteroatoms. The number of methoxy groups -OCH3 is 1. The molecule has 0 aliphatic rings. The van der Waals surface area contributed by atoms with E-state index in [-0.39, 0.29) is 0 Å². The van der Waals surface area contributed by atoms with Crippen LogP contribution in [0.1, 0.15) is 11.1 Å². The van der Waals surface area contributed by atoms with E-state index in [4.69, 9.17) is 9.47 Å². The van der Waals surface area contributed by atoms with Crippen LogP contribution in [0.3, 0.4) is 0 Å². The fourth-order valence-corrected chi connectivity index (χ4v) is 2.85. The van der Waals surface area contributed by atoms with Crippen molar-refractivity contribution in [1.82, 2.24) is 0 Å². The molecule has 0 saturated heterocycles. The molecular weight excluding hydrogens is 310 g/mol. The first kappa shape index (κ1) is 16.9. The molecule has 128 valence electrons. The zero-order valence-corrected chi connectivity index (χ0v) is 14.9. The first-order valence-corrected chi connectivity index (χ1v) is 8.35. The van der Waals surface area contributed by atoms with Crippen LogP contribution >= 0.6 is 0 Å². The zero-order chi connectivity index (χ0) is 17.6. The van der Waals surface area contributed by atoms with Crippen molar-refractivity contribution in [2.45, 2.75) is 13.5 Å². The van der Waals surface area contributed by atoms with Gasteiger partial charge in [-0.25, -0.2) is 0 Å². The van der Waals surface area contributed by atoms with E-state index in [2.05, 4.69) is 42.6 Å². The number of benzene rings is 3. The smallest absolute Gasteiger partial charge is 0.120 e. The maximum atomic E-state index is 6.06. The van der Waals surface area contributed by atoms with Gasteiger partial charge in [-0.05, 0) is 53.9 Å². The summed E-state index contributed by atoms with van der Waals surface area (Å²) in [6.45, 7) is 2.64. The van der Waals surface area contributed by atoms with Gasteiger partial charge in [-0.3, -0.25) is 0 Å². The van der Waals surface area contributed by atoms with Gasteiger partial charge in [0.15, 0.2) is 0 Å². The third-order valence-corrected chi connectivity index (χ3v) is 4.30.